The average Bonchev–Trinajstić information content (AvgIpc) is 3.36. The molecule has 0 aliphatic carbocycles. The van der Waals surface area contributed by atoms with E-state index in [2.05, 4.69) is 15.1 Å². The monoisotopic (exact) mass is 519 g/mol. The fourth-order valence-corrected chi connectivity index (χ4v) is 3.76. The lowest BCUT2D eigenvalue weighted by Gasteiger charge is -2.16. The van der Waals surface area contributed by atoms with Crippen LogP contribution in [0.25, 0.3) is 16.9 Å². The standard InChI is InChI=1S/C20H16ClF6N7O/c1-9(32-17-12(8-29-18(21)30-17)33(19(32)28)16(24)15(22)23)10-3-5-11(6-4-10)34-14(35-2)7-13(31-34)20(25,26)27/h3-9,15-16,28H,1-2H3/t9-,16?/m1/s1. The van der Waals surface area contributed by atoms with Gasteiger partial charge in [0, 0.05) is 6.07 Å². The second kappa shape index (κ2) is 8.91. The minimum atomic E-state index is -4.67. The van der Waals surface area contributed by atoms with Crippen molar-refractivity contribution in [3.8, 4) is 11.6 Å². The van der Waals surface area contributed by atoms with Crippen molar-refractivity contribution in [3.63, 3.8) is 0 Å². The van der Waals surface area contributed by atoms with Gasteiger partial charge in [0.1, 0.15) is 5.52 Å². The number of hydrogen-bond donors (Lipinski definition) is 1. The third-order valence-electron chi connectivity index (χ3n) is 5.30. The minimum Gasteiger partial charge on any atom is -0.481 e. The van der Waals surface area contributed by atoms with Gasteiger partial charge in [0.2, 0.25) is 23.1 Å². The van der Waals surface area contributed by atoms with E-state index in [1.807, 2.05) is 0 Å². The summed E-state index contributed by atoms with van der Waals surface area (Å²) in [6, 6.07) is 6.02. The Morgan fingerprint density at radius 2 is 1.74 bits per heavy atom. The fraction of sp³-hybridized carbons (Fsp3) is 0.300. The molecule has 4 rings (SSSR count). The minimum absolute atomic E-state index is 0.0431. The van der Waals surface area contributed by atoms with Crippen molar-refractivity contribution in [2.45, 2.75) is 31.9 Å². The maximum Gasteiger partial charge on any atom is 0.435 e. The van der Waals surface area contributed by atoms with Gasteiger partial charge in [-0.05, 0) is 36.2 Å². The molecule has 0 aliphatic heterocycles. The van der Waals surface area contributed by atoms with Crippen LogP contribution in [-0.2, 0) is 6.18 Å². The fourth-order valence-electron chi connectivity index (χ4n) is 3.63. The summed E-state index contributed by atoms with van der Waals surface area (Å²) in [4.78, 5) is 7.69. The Hall–Kier alpha value is -3.55. The smallest absolute Gasteiger partial charge is 0.435 e. The number of nitrogens with zero attached hydrogens (tertiary/aromatic N) is 6. The van der Waals surface area contributed by atoms with E-state index in [-0.39, 0.29) is 28.0 Å². The number of alkyl halides is 6. The number of nitrogens with one attached hydrogen (secondary N) is 1. The van der Waals surface area contributed by atoms with E-state index in [4.69, 9.17) is 21.7 Å². The summed E-state index contributed by atoms with van der Waals surface area (Å²) in [6.45, 7) is 1.61. The molecule has 1 unspecified atom stereocenters. The van der Waals surface area contributed by atoms with Gasteiger partial charge >= 0.3 is 6.18 Å². The Morgan fingerprint density at radius 3 is 2.31 bits per heavy atom. The Morgan fingerprint density at radius 1 is 1.09 bits per heavy atom. The molecule has 2 atom stereocenters. The van der Waals surface area contributed by atoms with Crippen LogP contribution in [0.1, 0.15) is 30.5 Å². The normalized spacial score (nSPS) is 14.0. The molecule has 0 spiro atoms. The number of hydrogen-bond acceptors (Lipinski definition) is 5. The van der Waals surface area contributed by atoms with Gasteiger partial charge in [-0.2, -0.15) is 23.3 Å². The highest BCUT2D eigenvalue weighted by Crippen LogP contribution is 2.32. The lowest BCUT2D eigenvalue weighted by atomic mass is 10.1. The predicted molar refractivity (Wildman–Crippen MR) is 111 cm³/mol. The molecule has 0 bridgehead atoms. The van der Waals surface area contributed by atoms with E-state index < -0.39 is 36.3 Å². The molecule has 1 N–H and O–H groups in total. The summed E-state index contributed by atoms with van der Waals surface area (Å²) >= 11 is 5.85. The number of ether oxygens (including phenoxy) is 1. The second-order valence-corrected chi connectivity index (χ2v) is 7.71. The third-order valence-corrected chi connectivity index (χ3v) is 5.49. The number of benzene rings is 1. The van der Waals surface area contributed by atoms with Crippen molar-refractivity contribution in [2.24, 2.45) is 0 Å². The molecule has 0 saturated carbocycles. The van der Waals surface area contributed by atoms with E-state index in [0.717, 1.165) is 16.9 Å². The van der Waals surface area contributed by atoms with E-state index in [0.29, 0.717) is 10.1 Å². The van der Waals surface area contributed by atoms with Gasteiger partial charge in [-0.15, -0.1) is 0 Å². The first-order valence-electron chi connectivity index (χ1n) is 9.87. The molecule has 0 radical (unpaired) electrons. The molecule has 3 aromatic heterocycles. The molecule has 186 valence electrons. The molecule has 8 nitrogen and oxygen atoms in total. The van der Waals surface area contributed by atoms with Gasteiger partial charge in [-0.1, -0.05) is 12.1 Å². The van der Waals surface area contributed by atoms with Crippen LogP contribution in [-0.4, -0.2) is 42.4 Å². The van der Waals surface area contributed by atoms with Crippen molar-refractivity contribution in [1.82, 2.24) is 28.9 Å². The summed E-state index contributed by atoms with van der Waals surface area (Å²) < 4.78 is 87.3. The van der Waals surface area contributed by atoms with Crippen molar-refractivity contribution in [2.75, 3.05) is 7.11 Å². The summed E-state index contributed by atoms with van der Waals surface area (Å²) in [6.07, 6.45) is -9.84. The van der Waals surface area contributed by atoms with Crippen LogP contribution in [0.5, 0.6) is 5.88 Å². The lowest BCUT2D eigenvalue weighted by Crippen LogP contribution is -2.30. The maximum absolute atomic E-state index is 14.3. The number of methoxy groups -OCH3 is 1. The number of fused-ring (bicyclic) bond motifs is 1. The van der Waals surface area contributed by atoms with Crippen molar-refractivity contribution < 1.29 is 31.1 Å². The molecule has 0 fully saturated rings. The predicted octanol–water partition coefficient (Wildman–Crippen LogP) is 4.92. The van der Waals surface area contributed by atoms with Gasteiger partial charge in [0.05, 0.1) is 25.0 Å². The van der Waals surface area contributed by atoms with Gasteiger partial charge in [0.15, 0.2) is 11.3 Å². The third kappa shape index (κ3) is 4.33. The first-order chi connectivity index (χ1) is 16.4. The van der Waals surface area contributed by atoms with Gasteiger partial charge in [-0.25, -0.2) is 22.8 Å². The lowest BCUT2D eigenvalue weighted by molar-refractivity contribution is -0.141. The van der Waals surface area contributed by atoms with Gasteiger partial charge < -0.3 is 4.74 Å². The molecule has 0 amide bonds. The van der Waals surface area contributed by atoms with Crippen LogP contribution in [0.4, 0.5) is 26.3 Å². The first-order valence-corrected chi connectivity index (χ1v) is 10.2. The molecule has 35 heavy (non-hydrogen) atoms. The number of halogens is 7. The van der Waals surface area contributed by atoms with Crippen LogP contribution >= 0.6 is 11.6 Å². The highest BCUT2D eigenvalue weighted by molar-refractivity contribution is 6.28. The van der Waals surface area contributed by atoms with Crippen LogP contribution in [0.3, 0.4) is 0 Å². The molecule has 0 aliphatic rings. The Labute approximate surface area is 197 Å². The number of aromatic nitrogens is 6. The first kappa shape index (κ1) is 24.6. The Balaban J connectivity index is 1.78. The average molecular weight is 520 g/mol. The van der Waals surface area contributed by atoms with Crippen molar-refractivity contribution in [1.29, 1.82) is 5.41 Å². The van der Waals surface area contributed by atoms with Gasteiger partial charge in [-0.3, -0.25) is 14.5 Å². The molecule has 3 heterocycles. The van der Waals surface area contributed by atoms with Crippen LogP contribution in [0, 0.1) is 5.41 Å². The maximum atomic E-state index is 14.3. The van der Waals surface area contributed by atoms with E-state index >= 15 is 0 Å². The molecule has 15 heteroatoms. The van der Waals surface area contributed by atoms with Gasteiger partial charge in [0.25, 0.3) is 6.43 Å². The van der Waals surface area contributed by atoms with Crippen LogP contribution in [0.15, 0.2) is 36.5 Å². The van der Waals surface area contributed by atoms with Crippen LogP contribution in [0.2, 0.25) is 5.28 Å². The van der Waals surface area contributed by atoms with E-state index in [9.17, 15) is 26.3 Å². The highest BCUT2D eigenvalue weighted by Gasteiger charge is 2.35. The Bertz CT molecular complexity index is 1430. The molecular formula is C20H16ClF6N7O. The molecule has 4 aromatic rings. The molecule has 0 saturated heterocycles. The molecule has 1 aromatic carbocycles. The molecular weight excluding hydrogens is 504 g/mol. The topological polar surface area (TPSA) is 86.5 Å². The van der Waals surface area contributed by atoms with Crippen molar-refractivity contribution >= 4 is 22.8 Å². The van der Waals surface area contributed by atoms with E-state index in [1.54, 1.807) is 6.92 Å². The number of imidazole rings is 1. The quantitative estimate of drug-likeness (QED) is 0.289. The summed E-state index contributed by atoms with van der Waals surface area (Å²) in [5.41, 5.74) is -1.18. The van der Waals surface area contributed by atoms with E-state index in [1.165, 1.54) is 35.9 Å². The zero-order chi connectivity index (χ0) is 25.7. The zero-order valence-corrected chi connectivity index (χ0v) is 18.7. The summed E-state index contributed by atoms with van der Waals surface area (Å²) in [5, 5.41) is 11.7. The second-order valence-electron chi connectivity index (χ2n) is 7.37. The van der Waals surface area contributed by atoms with Crippen molar-refractivity contribution in [3.05, 3.63) is 58.7 Å². The Kier molecular flexibility index (Phi) is 6.25. The largest absolute Gasteiger partial charge is 0.481 e. The number of rotatable bonds is 6. The summed E-state index contributed by atoms with van der Waals surface area (Å²) in [7, 11) is 1.21. The zero-order valence-electron chi connectivity index (χ0n) is 17.9. The van der Waals surface area contributed by atoms with Crippen LogP contribution < -0.4 is 10.4 Å². The highest BCUT2D eigenvalue weighted by atomic mass is 35.5. The SMILES string of the molecule is COc1cc(C(F)(F)F)nn1-c1ccc([C@@H](C)n2c(=N)n(C(F)C(F)F)c3cnc(Cl)nc32)cc1. The summed E-state index contributed by atoms with van der Waals surface area (Å²) in [5.74, 6) is -0.142.